The maximum Gasteiger partial charge on any atom is 0.0568 e. The number of hydrogen-bond donors (Lipinski definition) is 1. The largest absolute Gasteiger partial charge is 0.343 e. The number of fused-ring (bicyclic) bond motifs is 1. The predicted molar refractivity (Wildman–Crippen MR) is 122 cm³/mol. The fourth-order valence-corrected chi connectivity index (χ4v) is 5.14. The lowest BCUT2D eigenvalue weighted by Crippen LogP contribution is -2.36. The van der Waals surface area contributed by atoms with Crippen molar-refractivity contribution in [1.82, 2.24) is 15.1 Å². The maximum absolute atomic E-state index is 4.77. The summed E-state index contributed by atoms with van der Waals surface area (Å²) >= 11 is 0. The minimum atomic E-state index is 0.521. The Morgan fingerprint density at radius 1 is 1.24 bits per heavy atom. The fraction of sp³-hybridized carbons (Fsp3) is 0.560. The molecular formula is C25H36N4. The standard InChI is InChI=1S/C25H36N4/c1-5-6-7-23-22(20-16-27-28(17-20)21-12-14-26-15-13-21)10-11-25-24(23)9-8-19(4)29(25)18(2)3/h10-11,16-17,19,21,26H,2,5-9,12-15H2,1,3-4H3/t19-/m0/s1. The normalized spacial score (nSPS) is 20.0. The summed E-state index contributed by atoms with van der Waals surface area (Å²) in [6.45, 7) is 13.2. The summed E-state index contributed by atoms with van der Waals surface area (Å²) in [5.74, 6) is 0. The summed E-state index contributed by atoms with van der Waals surface area (Å²) in [5, 5.41) is 8.22. The van der Waals surface area contributed by atoms with E-state index >= 15 is 0 Å². The zero-order valence-corrected chi connectivity index (χ0v) is 18.4. The van der Waals surface area contributed by atoms with Gasteiger partial charge in [0, 0.05) is 29.2 Å². The highest BCUT2D eigenvalue weighted by Gasteiger charge is 2.27. The molecule has 2 aliphatic heterocycles. The number of benzene rings is 1. The zero-order valence-electron chi connectivity index (χ0n) is 18.4. The summed E-state index contributed by atoms with van der Waals surface area (Å²) in [4.78, 5) is 2.44. The molecule has 0 aliphatic carbocycles. The molecule has 156 valence electrons. The number of anilines is 1. The van der Waals surface area contributed by atoms with E-state index in [4.69, 9.17) is 5.10 Å². The Bertz CT molecular complexity index is 860. The van der Waals surface area contributed by atoms with Gasteiger partial charge in [-0.25, -0.2) is 0 Å². The van der Waals surface area contributed by atoms with Crippen molar-refractivity contribution in [1.29, 1.82) is 0 Å². The summed E-state index contributed by atoms with van der Waals surface area (Å²) < 4.78 is 2.21. The van der Waals surface area contributed by atoms with Gasteiger partial charge in [-0.3, -0.25) is 4.68 Å². The van der Waals surface area contributed by atoms with Gasteiger partial charge in [0.1, 0.15) is 0 Å². The van der Waals surface area contributed by atoms with Crippen molar-refractivity contribution in [3.63, 3.8) is 0 Å². The SMILES string of the molecule is C=C(C)N1c2ccc(-c3cnn(C4CCNCC4)c3)c(CCCC)c2CC[C@@H]1C. The van der Waals surface area contributed by atoms with Crippen molar-refractivity contribution >= 4 is 5.69 Å². The minimum Gasteiger partial charge on any atom is -0.343 e. The number of nitrogens with zero attached hydrogens (tertiary/aromatic N) is 3. The van der Waals surface area contributed by atoms with E-state index in [0.29, 0.717) is 12.1 Å². The Hall–Kier alpha value is -2.07. The molecule has 1 atom stereocenters. The first-order valence-electron chi connectivity index (χ1n) is 11.4. The molecule has 0 bridgehead atoms. The van der Waals surface area contributed by atoms with Crippen LogP contribution in [0.1, 0.15) is 70.0 Å². The van der Waals surface area contributed by atoms with Crippen LogP contribution >= 0.6 is 0 Å². The molecule has 1 N–H and O–H groups in total. The molecule has 1 aromatic carbocycles. The van der Waals surface area contributed by atoms with Crippen molar-refractivity contribution in [3.8, 4) is 11.1 Å². The first-order valence-corrected chi connectivity index (χ1v) is 11.4. The molecule has 0 radical (unpaired) electrons. The maximum atomic E-state index is 4.77. The Morgan fingerprint density at radius 3 is 2.76 bits per heavy atom. The second-order valence-electron chi connectivity index (χ2n) is 8.88. The van der Waals surface area contributed by atoms with E-state index in [1.807, 2.05) is 0 Å². The van der Waals surface area contributed by atoms with Gasteiger partial charge in [0.25, 0.3) is 0 Å². The topological polar surface area (TPSA) is 33.1 Å². The number of aromatic nitrogens is 2. The van der Waals surface area contributed by atoms with Gasteiger partial charge >= 0.3 is 0 Å². The Morgan fingerprint density at radius 2 is 2.03 bits per heavy atom. The molecule has 2 aromatic rings. The van der Waals surface area contributed by atoms with Crippen LogP contribution in [-0.2, 0) is 12.8 Å². The van der Waals surface area contributed by atoms with Gasteiger partial charge in [-0.2, -0.15) is 5.10 Å². The first kappa shape index (κ1) is 20.2. The Kier molecular flexibility index (Phi) is 6.09. The van der Waals surface area contributed by atoms with Crippen LogP contribution in [0.15, 0.2) is 36.8 Å². The van der Waals surface area contributed by atoms with Gasteiger partial charge in [0.15, 0.2) is 0 Å². The highest BCUT2D eigenvalue weighted by molar-refractivity contribution is 5.75. The molecule has 0 unspecified atom stereocenters. The summed E-state index contributed by atoms with van der Waals surface area (Å²) in [6, 6.07) is 5.71. The molecule has 0 spiro atoms. The van der Waals surface area contributed by atoms with Crippen molar-refractivity contribution in [2.75, 3.05) is 18.0 Å². The summed E-state index contributed by atoms with van der Waals surface area (Å²) in [5.41, 5.74) is 8.24. The average molecular weight is 393 g/mol. The minimum absolute atomic E-state index is 0.521. The third kappa shape index (κ3) is 4.00. The van der Waals surface area contributed by atoms with E-state index in [1.165, 1.54) is 60.0 Å². The quantitative estimate of drug-likeness (QED) is 0.705. The highest BCUT2D eigenvalue weighted by atomic mass is 15.3. The van der Waals surface area contributed by atoms with Gasteiger partial charge < -0.3 is 10.2 Å². The molecule has 0 amide bonds. The molecule has 4 rings (SSSR count). The first-order chi connectivity index (χ1) is 14.1. The monoisotopic (exact) mass is 392 g/mol. The number of allylic oxidation sites excluding steroid dienone is 1. The molecule has 3 heterocycles. The van der Waals surface area contributed by atoms with Gasteiger partial charge in [-0.05, 0) is 88.2 Å². The Balaban J connectivity index is 1.74. The lowest BCUT2D eigenvalue weighted by Gasteiger charge is -2.38. The highest BCUT2D eigenvalue weighted by Crippen LogP contribution is 2.40. The number of rotatable bonds is 6. The number of hydrogen-bond acceptors (Lipinski definition) is 3. The molecule has 1 saturated heterocycles. The lowest BCUT2D eigenvalue weighted by molar-refractivity contribution is 0.343. The number of unbranched alkanes of at least 4 members (excludes halogenated alkanes) is 1. The number of piperidine rings is 1. The second-order valence-corrected chi connectivity index (χ2v) is 8.88. The van der Waals surface area contributed by atoms with Crippen LogP contribution < -0.4 is 10.2 Å². The van der Waals surface area contributed by atoms with E-state index < -0.39 is 0 Å². The molecular weight excluding hydrogens is 356 g/mol. The lowest BCUT2D eigenvalue weighted by atomic mass is 9.86. The molecule has 4 nitrogen and oxygen atoms in total. The molecule has 1 aromatic heterocycles. The van der Waals surface area contributed by atoms with Crippen molar-refractivity contribution < 1.29 is 0 Å². The van der Waals surface area contributed by atoms with Crippen LogP contribution in [0.3, 0.4) is 0 Å². The van der Waals surface area contributed by atoms with Crippen molar-refractivity contribution in [2.24, 2.45) is 0 Å². The molecule has 29 heavy (non-hydrogen) atoms. The van der Waals surface area contributed by atoms with Crippen LogP contribution in [0.4, 0.5) is 5.69 Å². The average Bonchev–Trinajstić information content (AvgIpc) is 3.22. The van der Waals surface area contributed by atoms with Crippen LogP contribution in [0, 0.1) is 0 Å². The van der Waals surface area contributed by atoms with E-state index in [2.05, 4.69) is 66.8 Å². The van der Waals surface area contributed by atoms with E-state index in [-0.39, 0.29) is 0 Å². The number of nitrogens with one attached hydrogen (secondary N) is 1. The summed E-state index contributed by atoms with van der Waals surface area (Å²) in [7, 11) is 0. The van der Waals surface area contributed by atoms with Crippen molar-refractivity contribution in [2.45, 2.75) is 77.8 Å². The Labute approximate surface area is 176 Å². The third-order valence-corrected chi connectivity index (χ3v) is 6.71. The molecule has 4 heteroatoms. The van der Waals surface area contributed by atoms with E-state index in [1.54, 1.807) is 0 Å². The van der Waals surface area contributed by atoms with Gasteiger partial charge in [-0.1, -0.05) is 26.0 Å². The fourth-order valence-electron chi connectivity index (χ4n) is 5.14. The van der Waals surface area contributed by atoms with Gasteiger partial charge in [0.05, 0.1) is 12.2 Å². The second kappa shape index (κ2) is 8.74. The molecule has 0 saturated carbocycles. The van der Waals surface area contributed by atoms with Crippen LogP contribution in [0.25, 0.3) is 11.1 Å². The third-order valence-electron chi connectivity index (χ3n) is 6.71. The summed E-state index contributed by atoms with van der Waals surface area (Å²) in [6.07, 6.45) is 12.7. The smallest absolute Gasteiger partial charge is 0.0568 e. The van der Waals surface area contributed by atoms with Crippen molar-refractivity contribution in [3.05, 3.63) is 47.9 Å². The van der Waals surface area contributed by atoms with Crippen LogP contribution in [0.2, 0.25) is 0 Å². The van der Waals surface area contributed by atoms with Crippen LogP contribution in [-0.4, -0.2) is 28.9 Å². The van der Waals surface area contributed by atoms with Gasteiger partial charge in [-0.15, -0.1) is 0 Å². The molecule has 1 fully saturated rings. The molecule has 2 aliphatic rings. The van der Waals surface area contributed by atoms with E-state index in [0.717, 1.165) is 31.6 Å². The zero-order chi connectivity index (χ0) is 20.4. The van der Waals surface area contributed by atoms with E-state index in [9.17, 15) is 0 Å². The van der Waals surface area contributed by atoms with Crippen LogP contribution in [0.5, 0.6) is 0 Å². The predicted octanol–water partition coefficient (Wildman–Crippen LogP) is 5.49. The van der Waals surface area contributed by atoms with Gasteiger partial charge in [0.2, 0.25) is 0 Å².